The minimum Gasteiger partial charge on any atom is -0.384 e. The second-order valence-corrected chi connectivity index (χ2v) is 6.12. The molecular weight excluding hydrogens is 234 g/mol. The summed E-state index contributed by atoms with van der Waals surface area (Å²) in [6, 6.07) is 0. The Hall–Kier alpha value is -1.43. The summed E-state index contributed by atoms with van der Waals surface area (Å²) in [4.78, 5) is 4.74. The van der Waals surface area contributed by atoms with Crippen LogP contribution in [0.3, 0.4) is 0 Å². The molecule has 0 aromatic carbocycles. The van der Waals surface area contributed by atoms with E-state index in [2.05, 4.69) is 33.6 Å². The number of hydrogen-bond acceptors (Lipinski definition) is 2. The lowest BCUT2D eigenvalue weighted by molar-refractivity contribution is 0.516. The van der Waals surface area contributed by atoms with E-state index in [4.69, 9.17) is 17.1 Å². The molecule has 0 aliphatic carbocycles. The van der Waals surface area contributed by atoms with Crippen molar-refractivity contribution >= 4 is 5.82 Å². The first-order valence-electron chi connectivity index (χ1n) is 7.20. The van der Waals surface area contributed by atoms with E-state index in [1.165, 1.54) is 19.3 Å². The van der Waals surface area contributed by atoms with Crippen LogP contribution in [0.15, 0.2) is 0 Å². The van der Waals surface area contributed by atoms with Crippen LogP contribution < -0.4 is 5.73 Å². The fourth-order valence-electron chi connectivity index (χ4n) is 2.24. The predicted molar refractivity (Wildman–Crippen MR) is 82.0 cm³/mol. The largest absolute Gasteiger partial charge is 0.384 e. The first-order valence-corrected chi connectivity index (χ1v) is 7.20. The van der Waals surface area contributed by atoms with E-state index in [-0.39, 0.29) is 5.41 Å². The number of hydrogen-bond donors (Lipinski definition) is 1. The second kappa shape index (κ2) is 6.65. The van der Waals surface area contributed by atoms with Crippen LogP contribution in [-0.2, 0) is 18.4 Å². The third kappa shape index (κ3) is 4.02. The Kier molecular flexibility index (Phi) is 5.47. The molecule has 0 atom stereocenters. The van der Waals surface area contributed by atoms with Crippen molar-refractivity contribution in [3.05, 3.63) is 11.5 Å². The summed E-state index contributed by atoms with van der Waals surface area (Å²) in [6.45, 7) is 9.14. The molecule has 0 spiro atoms. The maximum absolute atomic E-state index is 6.21. The predicted octanol–water partition coefficient (Wildman–Crippen LogP) is 3.52. The average molecular weight is 261 g/mol. The van der Waals surface area contributed by atoms with E-state index >= 15 is 0 Å². The molecule has 0 aliphatic heterocycles. The van der Waals surface area contributed by atoms with Gasteiger partial charge in [-0.25, -0.2) is 4.98 Å². The summed E-state index contributed by atoms with van der Waals surface area (Å²) in [5.74, 6) is 4.41. The van der Waals surface area contributed by atoms with Gasteiger partial charge in [-0.1, -0.05) is 52.9 Å². The fourth-order valence-corrected chi connectivity index (χ4v) is 2.24. The normalized spacial score (nSPS) is 11.5. The van der Waals surface area contributed by atoms with Gasteiger partial charge in [-0.15, -0.1) is 6.42 Å². The molecule has 3 nitrogen and oxygen atoms in total. The molecule has 19 heavy (non-hydrogen) atoms. The van der Waals surface area contributed by atoms with Gasteiger partial charge in [0.1, 0.15) is 11.6 Å². The van der Waals surface area contributed by atoms with Crippen LogP contribution in [0.2, 0.25) is 0 Å². The maximum atomic E-state index is 6.21. The zero-order valence-electron chi connectivity index (χ0n) is 12.8. The first kappa shape index (κ1) is 15.6. The monoisotopic (exact) mass is 261 g/mol. The van der Waals surface area contributed by atoms with Gasteiger partial charge in [-0.2, -0.15) is 0 Å². The molecule has 1 heterocycles. The quantitative estimate of drug-likeness (QED) is 0.629. The summed E-state index contributed by atoms with van der Waals surface area (Å²) < 4.78 is 1.98. The molecule has 106 valence electrons. The van der Waals surface area contributed by atoms with Crippen molar-refractivity contribution in [3.8, 4) is 12.3 Å². The lowest BCUT2D eigenvalue weighted by atomic mass is 9.95. The zero-order valence-corrected chi connectivity index (χ0v) is 12.8. The highest BCUT2D eigenvalue weighted by molar-refractivity contribution is 5.40. The van der Waals surface area contributed by atoms with Crippen molar-refractivity contribution in [2.24, 2.45) is 0 Å². The summed E-state index contributed by atoms with van der Waals surface area (Å²) in [5, 5.41) is 0. The zero-order chi connectivity index (χ0) is 14.5. The minimum absolute atomic E-state index is 0.0351. The highest BCUT2D eigenvalue weighted by atomic mass is 15.1. The molecule has 0 radical (unpaired) electrons. The van der Waals surface area contributed by atoms with Gasteiger partial charge in [0.05, 0.1) is 12.2 Å². The topological polar surface area (TPSA) is 43.8 Å². The van der Waals surface area contributed by atoms with E-state index < -0.39 is 0 Å². The third-order valence-electron chi connectivity index (χ3n) is 3.27. The molecule has 1 rings (SSSR count). The Morgan fingerprint density at radius 2 is 1.95 bits per heavy atom. The van der Waals surface area contributed by atoms with Crippen LogP contribution in [0.1, 0.15) is 64.9 Å². The van der Waals surface area contributed by atoms with Gasteiger partial charge in [-0.3, -0.25) is 0 Å². The van der Waals surface area contributed by atoms with Crippen molar-refractivity contribution < 1.29 is 0 Å². The van der Waals surface area contributed by atoms with Crippen LogP contribution in [0.25, 0.3) is 0 Å². The van der Waals surface area contributed by atoms with Gasteiger partial charge in [0.2, 0.25) is 0 Å². The molecule has 0 saturated heterocycles. The van der Waals surface area contributed by atoms with Gasteiger partial charge in [-0.05, 0) is 12.8 Å². The first-order chi connectivity index (χ1) is 8.91. The lowest BCUT2D eigenvalue weighted by Gasteiger charge is -2.19. The van der Waals surface area contributed by atoms with Crippen LogP contribution in [0, 0.1) is 12.3 Å². The Bertz CT molecular complexity index is 444. The number of rotatable bonds is 6. The van der Waals surface area contributed by atoms with Crippen LogP contribution in [0.4, 0.5) is 5.82 Å². The lowest BCUT2D eigenvalue weighted by Crippen LogP contribution is -2.19. The van der Waals surface area contributed by atoms with E-state index in [9.17, 15) is 0 Å². The van der Waals surface area contributed by atoms with Crippen LogP contribution >= 0.6 is 0 Å². The molecule has 1 aromatic heterocycles. The molecule has 3 heteroatoms. The van der Waals surface area contributed by atoms with Gasteiger partial charge in [0.25, 0.3) is 0 Å². The molecule has 0 fully saturated rings. The van der Waals surface area contributed by atoms with E-state index in [1.807, 2.05) is 4.57 Å². The summed E-state index contributed by atoms with van der Waals surface area (Å²) in [6.07, 6.45) is 11.3. The number of unbranched alkanes of at least 4 members (excludes halogenated alkanes) is 3. The molecular formula is C16H27N3. The number of nitrogens with zero attached hydrogens (tertiary/aromatic N) is 2. The van der Waals surface area contributed by atoms with Crippen molar-refractivity contribution in [2.75, 3.05) is 5.73 Å². The molecule has 0 amide bonds. The number of imidazole rings is 1. The molecule has 2 N–H and O–H groups in total. The fraction of sp³-hybridized carbons (Fsp3) is 0.688. The SMILES string of the molecule is C#CCn1c(C(C)(C)C)nc(CCCCCC)c1N. The maximum Gasteiger partial charge on any atom is 0.127 e. The average Bonchev–Trinajstić information content (AvgIpc) is 2.64. The Morgan fingerprint density at radius 3 is 2.47 bits per heavy atom. The van der Waals surface area contributed by atoms with Gasteiger partial charge < -0.3 is 10.3 Å². The number of aryl methyl sites for hydroxylation is 1. The molecule has 1 aromatic rings. The highest BCUT2D eigenvalue weighted by Crippen LogP contribution is 2.26. The van der Waals surface area contributed by atoms with Gasteiger partial charge in [0.15, 0.2) is 0 Å². The van der Waals surface area contributed by atoms with Crippen LogP contribution in [0.5, 0.6) is 0 Å². The second-order valence-electron chi connectivity index (χ2n) is 6.12. The van der Waals surface area contributed by atoms with Crippen molar-refractivity contribution in [1.29, 1.82) is 0 Å². The Labute approximate surface area is 117 Å². The Morgan fingerprint density at radius 1 is 1.26 bits per heavy atom. The third-order valence-corrected chi connectivity index (χ3v) is 3.27. The minimum atomic E-state index is -0.0351. The van der Waals surface area contributed by atoms with Crippen molar-refractivity contribution in [2.45, 2.75) is 71.8 Å². The number of aromatic nitrogens is 2. The highest BCUT2D eigenvalue weighted by Gasteiger charge is 2.24. The standard InChI is InChI=1S/C16H27N3/c1-6-8-9-10-11-13-14(17)19(12-7-2)15(18-13)16(3,4)5/h2H,6,8-12,17H2,1,3-5H3. The molecule has 0 saturated carbocycles. The van der Waals surface area contributed by atoms with E-state index in [0.717, 1.165) is 30.2 Å². The summed E-state index contributed by atoms with van der Waals surface area (Å²) in [7, 11) is 0. The van der Waals surface area contributed by atoms with Gasteiger partial charge >= 0.3 is 0 Å². The van der Waals surface area contributed by atoms with Crippen molar-refractivity contribution in [3.63, 3.8) is 0 Å². The van der Waals surface area contributed by atoms with Crippen molar-refractivity contribution in [1.82, 2.24) is 9.55 Å². The molecule has 0 aliphatic rings. The van der Waals surface area contributed by atoms with E-state index in [1.54, 1.807) is 0 Å². The summed E-state index contributed by atoms with van der Waals surface area (Å²) in [5.41, 5.74) is 7.18. The number of nitrogen functional groups attached to an aromatic ring is 1. The van der Waals surface area contributed by atoms with Gasteiger partial charge in [0, 0.05) is 5.41 Å². The number of terminal acetylenes is 1. The Balaban J connectivity index is 2.92. The number of anilines is 1. The number of nitrogens with two attached hydrogens (primary N) is 1. The molecule has 0 unspecified atom stereocenters. The summed E-state index contributed by atoms with van der Waals surface area (Å²) >= 11 is 0. The van der Waals surface area contributed by atoms with Crippen LogP contribution in [-0.4, -0.2) is 9.55 Å². The van der Waals surface area contributed by atoms with E-state index in [0.29, 0.717) is 6.54 Å². The molecule has 0 bridgehead atoms. The smallest absolute Gasteiger partial charge is 0.127 e.